The Hall–Kier alpha value is 0.0738. The Labute approximate surface area is 127 Å². The molecule has 0 aromatic carbocycles. The first kappa shape index (κ1) is 21.1. The van der Waals surface area contributed by atoms with Gasteiger partial charge in [-0.25, -0.2) is 0 Å². The van der Waals surface area contributed by atoms with Crippen molar-refractivity contribution < 1.29 is 41.6 Å². The molecule has 0 amide bonds. The van der Waals surface area contributed by atoms with Crippen molar-refractivity contribution in [3.63, 3.8) is 0 Å². The fraction of sp³-hybridized carbons (Fsp3) is 1.00. The van der Waals surface area contributed by atoms with E-state index >= 15 is 0 Å². The zero-order chi connectivity index (χ0) is 16.4. The highest BCUT2D eigenvalue weighted by molar-refractivity contribution is 6.59. The van der Waals surface area contributed by atoms with Crippen molar-refractivity contribution in [3.8, 4) is 0 Å². The second kappa shape index (κ2) is 10.7. The average molecular weight is 346 g/mol. The van der Waals surface area contributed by atoms with Gasteiger partial charge in [0, 0.05) is 41.1 Å². The van der Waals surface area contributed by atoms with Gasteiger partial charge in [0.1, 0.15) is 0 Å². The first-order valence-electron chi connectivity index (χ1n) is 6.40. The molecule has 0 rings (SSSR count). The predicted molar refractivity (Wildman–Crippen MR) is 76.2 cm³/mol. The smallest absolute Gasteiger partial charge is 0.390 e. The summed E-state index contributed by atoms with van der Waals surface area (Å²) in [4.78, 5) is 19.4. The van der Waals surface area contributed by atoms with Crippen LogP contribution >= 0.6 is 0 Å². The molecule has 0 aliphatic heterocycles. The van der Waals surface area contributed by atoms with E-state index in [0.29, 0.717) is 19.1 Å². The predicted octanol–water partition coefficient (Wildman–Crippen LogP) is -1.28. The van der Waals surface area contributed by atoms with Crippen LogP contribution in [-0.2, 0) is 26.9 Å². The first-order valence-corrected chi connectivity index (χ1v) is 10.0. The quantitative estimate of drug-likeness (QED) is 0.277. The van der Waals surface area contributed by atoms with Crippen LogP contribution in [0.1, 0.15) is 6.42 Å². The molecule has 0 aromatic rings. The molecule has 0 spiro atoms. The van der Waals surface area contributed by atoms with Crippen LogP contribution in [0.15, 0.2) is 0 Å². The highest BCUT2D eigenvalue weighted by Gasteiger charge is 2.39. The molecule has 3 N–H and O–H groups in total. The molecule has 0 heterocycles. The van der Waals surface area contributed by atoms with Gasteiger partial charge in [0.05, 0.1) is 19.3 Å². The van der Waals surface area contributed by atoms with Crippen LogP contribution in [0.2, 0.25) is 6.04 Å². The number of aliphatic hydroxyl groups is 1. The highest BCUT2D eigenvalue weighted by atomic mass is 28.4. The lowest BCUT2D eigenvalue weighted by Gasteiger charge is -2.21. The Morgan fingerprint density at radius 1 is 0.905 bits per heavy atom. The van der Waals surface area contributed by atoms with Gasteiger partial charge in [-0.2, -0.15) is 0 Å². The fourth-order valence-electron chi connectivity index (χ4n) is 1.36. The molecule has 0 saturated heterocycles. The fourth-order valence-corrected chi connectivity index (χ4v) is 3.33. The van der Waals surface area contributed by atoms with E-state index < -0.39 is 24.0 Å². The van der Waals surface area contributed by atoms with Crippen molar-refractivity contribution in [2.75, 3.05) is 48.3 Å². The number of ether oxygens (including phenoxy) is 1. The van der Waals surface area contributed by atoms with Crippen molar-refractivity contribution >= 4 is 17.9 Å². The summed E-state index contributed by atoms with van der Waals surface area (Å²) in [5.41, 5.74) is 0. The summed E-state index contributed by atoms with van der Waals surface area (Å²) in [6, 6.07) is 0.368. The van der Waals surface area contributed by atoms with Crippen LogP contribution in [-0.4, -0.2) is 86.9 Å². The Morgan fingerprint density at radius 2 is 1.48 bits per heavy atom. The summed E-state index contributed by atoms with van der Waals surface area (Å²) in [5, 5.41) is 9.62. The number of hydrogen-bond donors (Lipinski definition) is 3. The van der Waals surface area contributed by atoms with Gasteiger partial charge < -0.3 is 41.6 Å². The molecule has 0 aliphatic rings. The maximum Gasteiger partial charge on any atom is 0.676 e. The lowest BCUT2D eigenvalue weighted by Crippen LogP contribution is -2.46. The zero-order valence-electron chi connectivity index (χ0n) is 12.9. The van der Waals surface area contributed by atoms with E-state index in [1.165, 1.54) is 28.4 Å². The van der Waals surface area contributed by atoms with Crippen LogP contribution in [0, 0.1) is 0 Å². The van der Waals surface area contributed by atoms with Crippen LogP contribution in [0.5, 0.6) is 0 Å². The van der Waals surface area contributed by atoms with Gasteiger partial charge in [0.25, 0.3) is 0 Å². The first-order chi connectivity index (χ1) is 9.84. The van der Waals surface area contributed by atoms with Crippen molar-refractivity contribution in [1.82, 2.24) is 0 Å². The average Bonchev–Trinajstić information content (AvgIpc) is 2.52. The standard InChI is InChI=1S/C10H26O9Si2/c1-14-20(12,15-2)7-5-6-18-8-10(11)9-19-21(13,16-3)17-4/h10-13H,5-9H2,1-4H3. The van der Waals surface area contributed by atoms with E-state index in [2.05, 4.69) is 8.85 Å². The molecule has 128 valence electrons. The molecule has 1 atom stereocenters. The molecule has 11 heteroatoms. The number of rotatable bonds is 13. The van der Waals surface area contributed by atoms with E-state index in [4.69, 9.17) is 18.0 Å². The minimum Gasteiger partial charge on any atom is -0.390 e. The molecule has 21 heavy (non-hydrogen) atoms. The lowest BCUT2D eigenvalue weighted by molar-refractivity contribution is -0.0341. The third-order valence-corrected chi connectivity index (χ3v) is 6.53. The van der Waals surface area contributed by atoms with Gasteiger partial charge in [-0.15, -0.1) is 0 Å². The van der Waals surface area contributed by atoms with E-state index in [1.807, 2.05) is 0 Å². The maximum absolute atomic E-state index is 9.78. The molecular formula is C10H26O9Si2. The highest BCUT2D eigenvalue weighted by Crippen LogP contribution is 2.10. The van der Waals surface area contributed by atoms with Gasteiger partial charge in [-0.05, 0) is 6.42 Å². The van der Waals surface area contributed by atoms with Crippen molar-refractivity contribution in [2.24, 2.45) is 0 Å². The summed E-state index contributed by atoms with van der Waals surface area (Å²) in [7, 11) is -1.36. The third-order valence-electron chi connectivity index (χ3n) is 2.70. The molecule has 0 radical (unpaired) electrons. The van der Waals surface area contributed by atoms with E-state index in [0.717, 1.165) is 0 Å². The molecule has 9 nitrogen and oxygen atoms in total. The molecule has 0 saturated carbocycles. The summed E-state index contributed by atoms with van der Waals surface area (Å²) in [5.74, 6) is 0. The largest absolute Gasteiger partial charge is 0.676 e. The minimum atomic E-state index is -3.63. The minimum absolute atomic E-state index is 0.0257. The maximum atomic E-state index is 9.78. The van der Waals surface area contributed by atoms with Gasteiger partial charge >= 0.3 is 17.9 Å². The second-order valence-corrected chi connectivity index (χ2v) is 9.09. The second-order valence-electron chi connectivity index (χ2n) is 4.20. The Balaban J connectivity index is 3.74. The lowest BCUT2D eigenvalue weighted by atomic mass is 10.4. The molecule has 0 bridgehead atoms. The van der Waals surface area contributed by atoms with Crippen molar-refractivity contribution in [1.29, 1.82) is 0 Å². The van der Waals surface area contributed by atoms with Crippen LogP contribution < -0.4 is 0 Å². The topological polar surface area (TPSA) is 116 Å². The number of hydrogen-bond acceptors (Lipinski definition) is 9. The van der Waals surface area contributed by atoms with E-state index in [9.17, 15) is 14.7 Å². The summed E-state index contributed by atoms with van der Waals surface area (Å²) >= 11 is 0. The normalized spacial score (nSPS) is 14.4. The summed E-state index contributed by atoms with van der Waals surface area (Å²) in [6.07, 6.45) is -0.386. The molecule has 0 aliphatic carbocycles. The van der Waals surface area contributed by atoms with Gasteiger partial charge in [0.15, 0.2) is 0 Å². The van der Waals surface area contributed by atoms with E-state index in [1.54, 1.807) is 0 Å². The molecule has 1 unspecified atom stereocenters. The molecule has 0 aromatic heterocycles. The monoisotopic (exact) mass is 346 g/mol. The van der Waals surface area contributed by atoms with Crippen molar-refractivity contribution in [2.45, 2.75) is 18.6 Å². The third kappa shape index (κ3) is 8.95. The van der Waals surface area contributed by atoms with Crippen LogP contribution in [0.25, 0.3) is 0 Å². The van der Waals surface area contributed by atoms with Crippen LogP contribution in [0.3, 0.4) is 0 Å². The molecule has 0 fully saturated rings. The Kier molecular flexibility index (Phi) is 10.8. The molecular weight excluding hydrogens is 320 g/mol. The van der Waals surface area contributed by atoms with Gasteiger partial charge in [-0.3, -0.25) is 0 Å². The Morgan fingerprint density at radius 3 is 1.95 bits per heavy atom. The van der Waals surface area contributed by atoms with Crippen molar-refractivity contribution in [3.05, 3.63) is 0 Å². The summed E-state index contributed by atoms with van der Waals surface area (Å²) < 4.78 is 29.4. The van der Waals surface area contributed by atoms with Crippen LogP contribution in [0.4, 0.5) is 0 Å². The van der Waals surface area contributed by atoms with Gasteiger partial charge in [0.2, 0.25) is 0 Å². The zero-order valence-corrected chi connectivity index (χ0v) is 14.9. The van der Waals surface area contributed by atoms with Gasteiger partial charge in [-0.1, -0.05) is 0 Å². The Bertz CT molecular complexity index is 261. The number of aliphatic hydroxyl groups excluding tert-OH is 1. The van der Waals surface area contributed by atoms with E-state index in [-0.39, 0.29) is 13.2 Å². The summed E-state index contributed by atoms with van der Waals surface area (Å²) in [6.45, 7) is 0.187. The SMILES string of the molecule is CO[Si](O)(CCCOCC(O)CO[Si](O)(OC)OC)OC.